The first-order chi connectivity index (χ1) is 13.1. The van der Waals surface area contributed by atoms with Crippen molar-refractivity contribution in [3.05, 3.63) is 54.1 Å². The molecule has 144 valence electrons. The standard InChI is InChI=1S/C20H23NO5S/c1-3-25-18-13-15(9-10-17(18)24-2)20(23)26-14-19(22)21-11-12-27-16-7-5-4-6-8-16/h4-10,13H,3,11-12,14H2,1-2H3,(H,21,22). The third-order valence-electron chi connectivity index (χ3n) is 3.47. The van der Waals surface area contributed by atoms with Gasteiger partial charge < -0.3 is 19.5 Å². The summed E-state index contributed by atoms with van der Waals surface area (Å²) in [4.78, 5) is 25.1. The second kappa shape index (κ2) is 11.1. The lowest BCUT2D eigenvalue weighted by Crippen LogP contribution is -2.30. The Balaban J connectivity index is 1.74. The fourth-order valence-corrected chi connectivity index (χ4v) is 3.00. The molecule has 7 heteroatoms. The van der Waals surface area contributed by atoms with Crippen molar-refractivity contribution in [3.63, 3.8) is 0 Å². The zero-order chi connectivity index (χ0) is 19.5. The number of hydrogen-bond donors (Lipinski definition) is 1. The smallest absolute Gasteiger partial charge is 0.338 e. The molecule has 0 atom stereocenters. The van der Waals surface area contributed by atoms with Gasteiger partial charge in [-0.15, -0.1) is 11.8 Å². The van der Waals surface area contributed by atoms with Gasteiger partial charge in [0.2, 0.25) is 0 Å². The van der Waals surface area contributed by atoms with Crippen LogP contribution >= 0.6 is 11.8 Å². The average Bonchev–Trinajstić information content (AvgIpc) is 2.70. The number of ether oxygens (including phenoxy) is 3. The molecule has 0 radical (unpaired) electrons. The van der Waals surface area contributed by atoms with E-state index in [9.17, 15) is 9.59 Å². The predicted molar refractivity (Wildman–Crippen MR) is 105 cm³/mol. The maximum absolute atomic E-state index is 12.1. The number of esters is 1. The summed E-state index contributed by atoms with van der Waals surface area (Å²) in [7, 11) is 1.52. The summed E-state index contributed by atoms with van der Waals surface area (Å²) in [5.74, 6) is 0.793. The summed E-state index contributed by atoms with van der Waals surface area (Å²) in [6, 6.07) is 14.7. The quantitative estimate of drug-likeness (QED) is 0.382. The van der Waals surface area contributed by atoms with Crippen molar-refractivity contribution in [2.24, 2.45) is 0 Å². The molecule has 0 heterocycles. The number of thioether (sulfide) groups is 1. The van der Waals surface area contributed by atoms with Crippen molar-refractivity contribution in [1.29, 1.82) is 0 Å². The molecular weight excluding hydrogens is 366 g/mol. The largest absolute Gasteiger partial charge is 0.493 e. The summed E-state index contributed by atoms with van der Waals surface area (Å²) < 4.78 is 15.7. The Morgan fingerprint density at radius 2 is 1.85 bits per heavy atom. The molecular formula is C20H23NO5S. The molecule has 2 aromatic carbocycles. The van der Waals surface area contributed by atoms with E-state index in [-0.39, 0.29) is 12.5 Å². The van der Waals surface area contributed by atoms with E-state index in [1.54, 1.807) is 30.0 Å². The average molecular weight is 389 g/mol. The first kappa shape index (κ1) is 20.6. The van der Waals surface area contributed by atoms with Crippen molar-refractivity contribution in [1.82, 2.24) is 5.32 Å². The highest BCUT2D eigenvalue weighted by Gasteiger charge is 2.13. The van der Waals surface area contributed by atoms with E-state index in [1.165, 1.54) is 7.11 Å². The highest BCUT2D eigenvalue weighted by Crippen LogP contribution is 2.28. The van der Waals surface area contributed by atoms with Crippen LogP contribution in [0.2, 0.25) is 0 Å². The van der Waals surface area contributed by atoms with Gasteiger partial charge in [-0.2, -0.15) is 0 Å². The van der Waals surface area contributed by atoms with Gasteiger partial charge in [0.1, 0.15) is 0 Å². The topological polar surface area (TPSA) is 73.9 Å². The van der Waals surface area contributed by atoms with Crippen molar-refractivity contribution < 1.29 is 23.8 Å². The third kappa shape index (κ3) is 6.86. The van der Waals surface area contributed by atoms with Gasteiger partial charge in [-0.1, -0.05) is 18.2 Å². The Labute approximate surface area is 163 Å². The molecule has 0 aliphatic carbocycles. The summed E-state index contributed by atoms with van der Waals surface area (Å²) >= 11 is 1.65. The SMILES string of the molecule is CCOc1cc(C(=O)OCC(=O)NCCSc2ccccc2)ccc1OC. The number of benzene rings is 2. The molecule has 1 amide bonds. The maximum Gasteiger partial charge on any atom is 0.338 e. The lowest BCUT2D eigenvalue weighted by Gasteiger charge is -2.11. The number of nitrogens with one attached hydrogen (secondary N) is 1. The lowest BCUT2D eigenvalue weighted by molar-refractivity contribution is -0.124. The molecule has 2 aromatic rings. The van der Waals surface area contributed by atoms with Gasteiger partial charge in [0.15, 0.2) is 18.1 Å². The Morgan fingerprint density at radius 1 is 1.07 bits per heavy atom. The summed E-state index contributed by atoms with van der Waals surface area (Å²) in [6.07, 6.45) is 0. The number of hydrogen-bond acceptors (Lipinski definition) is 6. The number of carbonyl (C=O) groups is 2. The fraction of sp³-hybridized carbons (Fsp3) is 0.300. The van der Waals surface area contributed by atoms with E-state index in [2.05, 4.69) is 5.32 Å². The van der Waals surface area contributed by atoms with Crippen LogP contribution in [0.4, 0.5) is 0 Å². The zero-order valence-electron chi connectivity index (χ0n) is 15.4. The third-order valence-corrected chi connectivity index (χ3v) is 4.48. The lowest BCUT2D eigenvalue weighted by atomic mass is 10.2. The summed E-state index contributed by atoms with van der Waals surface area (Å²) in [6.45, 7) is 2.45. The van der Waals surface area contributed by atoms with Gasteiger partial charge in [0.05, 0.1) is 19.3 Å². The van der Waals surface area contributed by atoms with Gasteiger partial charge in [-0.3, -0.25) is 4.79 Å². The minimum Gasteiger partial charge on any atom is -0.493 e. The molecule has 0 aromatic heterocycles. The molecule has 0 fully saturated rings. The molecule has 0 spiro atoms. The van der Waals surface area contributed by atoms with E-state index in [0.29, 0.717) is 30.2 Å². The van der Waals surface area contributed by atoms with Crippen LogP contribution in [0.3, 0.4) is 0 Å². The normalized spacial score (nSPS) is 10.1. The molecule has 0 saturated carbocycles. The summed E-state index contributed by atoms with van der Waals surface area (Å²) in [5, 5.41) is 2.73. The predicted octanol–water partition coefficient (Wildman–Crippen LogP) is 3.16. The molecule has 27 heavy (non-hydrogen) atoms. The number of rotatable bonds is 10. The first-order valence-electron chi connectivity index (χ1n) is 8.56. The van der Waals surface area contributed by atoms with Crippen molar-refractivity contribution in [2.45, 2.75) is 11.8 Å². The van der Waals surface area contributed by atoms with Crippen LogP contribution in [0, 0.1) is 0 Å². The van der Waals surface area contributed by atoms with Crippen molar-refractivity contribution >= 4 is 23.6 Å². The molecule has 6 nitrogen and oxygen atoms in total. The van der Waals surface area contributed by atoms with Crippen LogP contribution in [-0.4, -0.2) is 44.5 Å². The second-order valence-corrected chi connectivity index (χ2v) is 6.55. The minimum absolute atomic E-state index is 0.298. The van der Waals surface area contributed by atoms with Gasteiger partial charge in [-0.25, -0.2) is 4.79 Å². The van der Waals surface area contributed by atoms with E-state index in [0.717, 1.165) is 10.6 Å². The van der Waals surface area contributed by atoms with Crippen LogP contribution in [0.5, 0.6) is 11.5 Å². The van der Waals surface area contributed by atoms with E-state index in [4.69, 9.17) is 14.2 Å². The Bertz CT molecular complexity index is 751. The minimum atomic E-state index is -0.590. The van der Waals surface area contributed by atoms with E-state index >= 15 is 0 Å². The van der Waals surface area contributed by atoms with Gasteiger partial charge in [-0.05, 0) is 37.3 Å². The van der Waals surface area contributed by atoms with E-state index in [1.807, 2.05) is 37.3 Å². The van der Waals surface area contributed by atoms with E-state index < -0.39 is 5.97 Å². The highest BCUT2D eigenvalue weighted by molar-refractivity contribution is 7.99. The molecule has 0 aliphatic rings. The number of methoxy groups -OCH3 is 1. The van der Waals surface area contributed by atoms with Crippen LogP contribution in [-0.2, 0) is 9.53 Å². The number of amides is 1. The molecule has 0 aliphatic heterocycles. The molecule has 0 saturated heterocycles. The van der Waals surface area contributed by atoms with Crippen LogP contribution in [0.1, 0.15) is 17.3 Å². The van der Waals surface area contributed by atoms with Crippen LogP contribution < -0.4 is 14.8 Å². The fourth-order valence-electron chi connectivity index (χ4n) is 2.21. The van der Waals surface area contributed by atoms with Crippen molar-refractivity contribution in [2.75, 3.05) is 32.6 Å². The highest BCUT2D eigenvalue weighted by atomic mass is 32.2. The van der Waals surface area contributed by atoms with Crippen LogP contribution in [0.15, 0.2) is 53.4 Å². The van der Waals surface area contributed by atoms with Crippen molar-refractivity contribution in [3.8, 4) is 11.5 Å². The summed E-state index contributed by atoms with van der Waals surface area (Å²) in [5.41, 5.74) is 0.298. The van der Waals surface area contributed by atoms with Gasteiger partial charge in [0.25, 0.3) is 5.91 Å². The Hall–Kier alpha value is -2.67. The monoisotopic (exact) mass is 389 g/mol. The van der Waals surface area contributed by atoms with Crippen LogP contribution in [0.25, 0.3) is 0 Å². The molecule has 0 unspecified atom stereocenters. The number of carbonyl (C=O) groups excluding carboxylic acids is 2. The molecule has 0 bridgehead atoms. The van der Waals surface area contributed by atoms with Gasteiger partial charge in [0, 0.05) is 17.2 Å². The molecule has 1 N–H and O–H groups in total. The molecule has 2 rings (SSSR count). The van der Waals surface area contributed by atoms with Gasteiger partial charge >= 0.3 is 5.97 Å². The maximum atomic E-state index is 12.1. The Morgan fingerprint density at radius 3 is 2.56 bits per heavy atom. The first-order valence-corrected chi connectivity index (χ1v) is 9.55. The zero-order valence-corrected chi connectivity index (χ0v) is 16.2. The Kier molecular flexibility index (Phi) is 8.51. The second-order valence-electron chi connectivity index (χ2n) is 5.39.